The van der Waals surface area contributed by atoms with Gasteiger partial charge in [0.1, 0.15) is 17.6 Å². The zero-order chi connectivity index (χ0) is 20.9. The van der Waals surface area contributed by atoms with Crippen LogP contribution >= 0.6 is 12.4 Å². The number of benzene rings is 1. The van der Waals surface area contributed by atoms with Crippen molar-refractivity contribution in [3.8, 4) is 5.75 Å². The van der Waals surface area contributed by atoms with Crippen LogP contribution in [0.1, 0.15) is 34.1 Å². The van der Waals surface area contributed by atoms with Gasteiger partial charge in [0.2, 0.25) is 5.91 Å². The van der Waals surface area contributed by atoms with Crippen LogP contribution in [0, 0.1) is 5.82 Å². The van der Waals surface area contributed by atoms with Crippen LogP contribution in [0.4, 0.5) is 4.39 Å². The quantitative estimate of drug-likeness (QED) is 0.581. The van der Waals surface area contributed by atoms with Gasteiger partial charge in [0.05, 0.1) is 30.4 Å². The molecular weight excluding hydrogens is 401 g/mol. The van der Waals surface area contributed by atoms with Crippen molar-refractivity contribution in [2.24, 2.45) is 5.73 Å². The minimum absolute atomic E-state index is 0. The Bertz CT molecular complexity index is 647. The third-order valence-corrected chi connectivity index (χ3v) is 5.12. The second-order valence-corrected chi connectivity index (χ2v) is 7.89. The van der Waals surface area contributed by atoms with E-state index in [1.807, 2.05) is 27.7 Å². The number of hydrogen-bond donors (Lipinski definition) is 2. The number of hydrogen-bond acceptors (Lipinski definition) is 6. The van der Waals surface area contributed by atoms with Gasteiger partial charge in [-0.25, -0.2) is 4.39 Å². The highest BCUT2D eigenvalue weighted by molar-refractivity contribution is 6.48. The van der Waals surface area contributed by atoms with Gasteiger partial charge < -0.3 is 29.8 Å². The van der Waals surface area contributed by atoms with Gasteiger partial charge in [-0.15, -0.1) is 12.4 Å². The van der Waals surface area contributed by atoms with Crippen molar-refractivity contribution in [2.75, 3.05) is 20.3 Å². The maximum absolute atomic E-state index is 13.0. The van der Waals surface area contributed by atoms with E-state index in [9.17, 15) is 9.18 Å². The first-order chi connectivity index (χ1) is 13.1. The SMILES string of the molecule is COCC(N)C(=O)N[C@@H](CCOc1ccc(F)cc1)B1OC(C)(C)C(C)(C)O1.Cl. The van der Waals surface area contributed by atoms with Crippen molar-refractivity contribution >= 4 is 25.4 Å². The molecule has 0 bridgehead atoms. The molecule has 1 aliphatic rings. The lowest BCUT2D eigenvalue weighted by molar-refractivity contribution is -0.123. The molecule has 0 aliphatic carbocycles. The molecule has 2 atom stereocenters. The Morgan fingerprint density at radius 1 is 1.21 bits per heavy atom. The molecule has 0 saturated carbocycles. The van der Waals surface area contributed by atoms with E-state index in [4.69, 9.17) is 24.5 Å². The summed E-state index contributed by atoms with van der Waals surface area (Å²) in [7, 11) is 0.829. The maximum Gasteiger partial charge on any atom is 0.481 e. The first kappa shape index (κ1) is 25.7. The van der Waals surface area contributed by atoms with Gasteiger partial charge in [0, 0.05) is 13.5 Å². The molecule has 1 fully saturated rings. The Morgan fingerprint density at radius 3 is 2.28 bits per heavy atom. The molecule has 29 heavy (non-hydrogen) atoms. The van der Waals surface area contributed by atoms with Gasteiger partial charge in [0.25, 0.3) is 0 Å². The van der Waals surface area contributed by atoms with E-state index >= 15 is 0 Å². The lowest BCUT2D eigenvalue weighted by atomic mass is 9.76. The lowest BCUT2D eigenvalue weighted by Crippen LogP contribution is -2.54. The summed E-state index contributed by atoms with van der Waals surface area (Å²) in [5, 5.41) is 2.88. The molecule has 0 radical (unpaired) electrons. The van der Waals surface area contributed by atoms with Gasteiger partial charge in [-0.3, -0.25) is 4.79 Å². The second kappa shape index (κ2) is 10.6. The van der Waals surface area contributed by atoms with Crippen LogP contribution in [-0.2, 0) is 18.8 Å². The summed E-state index contributed by atoms with van der Waals surface area (Å²) in [6.07, 6.45) is 0.416. The topological polar surface area (TPSA) is 92.0 Å². The number of ether oxygens (including phenoxy) is 2. The standard InChI is InChI=1S/C19H30BFN2O5.ClH/c1-18(2)19(3,4)28-20(27-18)16(23-17(24)15(22)12-25-5)10-11-26-14-8-6-13(21)7-9-14;/h6-9,15-16H,10-12,22H2,1-5H3,(H,23,24);1H/t15?,16-;/m0./s1. The molecule has 1 aliphatic heterocycles. The van der Waals surface area contributed by atoms with Crippen LogP contribution in [0.3, 0.4) is 0 Å². The van der Waals surface area contributed by atoms with E-state index in [2.05, 4.69) is 5.32 Å². The first-order valence-electron chi connectivity index (χ1n) is 9.34. The number of nitrogens with one attached hydrogen (secondary N) is 1. The van der Waals surface area contributed by atoms with Crippen molar-refractivity contribution in [1.82, 2.24) is 5.32 Å². The van der Waals surface area contributed by atoms with Crippen LogP contribution in [0.25, 0.3) is 0 Å². The molecule has 1 heterocycles. The Hall–Kier alpha value is -1.39. The average Bonchev–Trinajstić information content (AvgIpc) is 2.83. The molecule has 1 unspecified atom stereocenters. The van der Waals surface area contributed by atoms with Gasteiger partial charge in [-0.1, -0.05) is 0 Å². The fraction of sp³-hybridized carbons (Fsp3) is 0.632. The van der Waals surface area contributed by atoms with Crippen molar-refractivity contribution in [1.29, 1.82) is 0 Å². The Morgan fingerprint density at radius 2 is 1.76 bits per heavy atom. The smallest absolute Gasteiger partial charge is 0.481 e. The van der Waals surface area contributed by atoms with Crippen LogP contribution in [-0.4, -0.2) is 56.5 Å². The fourth-order valence-electron chi connectivity index (χ4n) is 2.71. The van der Waals surface area contributed by atoms with Crippen molar-refractivity contribution < 1.29 is 28.0 Å². The molecule has 0 aromatic heterocycles. The van der Waals surface area contributed by atoms with E-state index in [0.29, 0.717) is 12.2 Å². The zero-order valence-electron chi connectivity index (χ0n) is 17.6. The molecule has 7 nitrogen and oxygen atoms in total. The minimum atomic E-state index is -0.798. The van der Waals surface area contributed by atoms with Gasteiger partial charge in [0.15, 0.2) is 0 Å². The van der Waals surface area contributed by atoms with Crippen molar-refractivity contribution in [3.05, 3.63) is 30.1 Å². The number of carbonyl (C=O) groups is 1. The molecule has 3 N–H and O–H groups in total. The highest BCUT2D eigenvalue weighted by Crippen LogP contribution is 2.37. The highest BCUT2D eigenvalue weighted by Gasteiger charge is 2.54. The van der Waals surface area contributed by atoms with E-state index in [1.165, 1.54) is 19.2 Å². The van der Waals surface area contributed by atoms with E-state index < -0.39 is 30.3 Å². The molecule has 164 valence electrons. The predicted molar refractivity (Wildman–Crippen MR) is 112 cm³/mol. The summed E-state index contributed by atoms with van der Waals surface area (Å²) in [4.78, 5) is 12.4. The molecule has 10 heteroatoms. The molecule has 1 aromatic carbocycles. The molecule has 1 amide bonds. The summed E-state index contributed by atoms with van der Waals surface area (Å²) >= 11 is 0. The summed E-state index contributed by atoms with van der Waals surface area (Å²) in [6.45, 7) is 8.15. The van der Waals surface area contributed by atoms with Gasteiger partial charge in [-0.05, 0) is 52.0 Å². The highest BCUT2D eigenvalue weighted by atomic mass is 35.5. The van der Waals surface area contributed by atoms with Crippen molar-refractivity contribution in [2.45, 2.75) is 57.3 Å². The number of amides is 1. The Labute approximate surface area is 178 Å². The predicted octanol–water partition coefficient (Wildman–Crippen LogP) is 2.11. The zero-order valence-corrected chi connectivity index (χ0v) is 18.4. The number of methoxy groups -OCH3 is 1. The van der Waals surface area contributed by atoms with E-state index in [-0.39, 0.29) is 37.3 Å². The minimum Gasteiger partial charge on any atom is -0.494 e. The monoisotopic (exact) mass is 432 g/mol. The first-order valence-corrected chi connectivity index (χ1v) is 9.34. The molecule has 1 saturated heterocycles. The summed E-state index contributed by atoms with van der Waals surface area (Å²) < 4.78 is 35.8. The molecule has 2 rings (SSSR count). The van der Waals surface area contributed by atoms with Gasteiger partial charge in [-0.2, -0.15) is 0 Å². The Kier molecular flexibility index (Phi) is 9.36. The number of rotatable bonds is 9. The van der Waals surface area contributed by atoms with Crippen LogP contribution < -0.4 is 15.8 Å². The van der Waals surface area contributed by atoms with Crippen molar-refractivity contribution in [3.63, 3.8) is 0 Å². The number of nitrogens with two attached hydrogens (primary N) is 1. The average molecular weight is 433 g/mol. The Balaban J connectivity index is 0.00000420. The third kappa shape index (κ3) is 6.82. The summed E-state index contributed by atoms with van der Waals surface area (Å²) in [5.41, 5.74) is 4.76. The number of halogens is 2. The van der Waals surface area contributed by atoms with E-state index in [0.717, 1.165) is 0 Å². The molecule has 0 spiro atoms. The fourth-order valence-corrected chi connectivity index (χ4v) is 2.71. The third-order valence-electron chi connectivity index (χ3n) is 5.12. The summed E-state index contributed by atoms with van der Waals surface area (Å²) in [6, 6.07) is 4.95. The molecule has 1 aromatic rings. The van der Waals surface area contributed by atoms with Gasteiger partial charge >= 0.3 is 7.12 Å². The maximum atomic E-state index is 13.0. The lowest BCUT2D eigenvalue weighted by Gasteiger charge is -2.32. The number of carbonyl (C=O) groups excluding carboxylic acids is 1. The second-order valence-electron chi connectivity index (χ2n) is 7.89. The van der Waals surface area contributed by atoms with Crippen LogP contribution in [0.15, 0.2) is 24.3 Å². The normalized spacial score (nSPS) is 19.2. The van der Waals surface area contributed by atoms with E-state index in [1.54, 1.807) is 12.1 Å². The summed E-state index contributed by atoms with van der Waals surface area (Å²) in [5.74, 6) is -0.626. The molecular formula is C19H31BClFN2O5. The van der Waals surface area contributed by atoms with Crippen LogP contribution in [0.2, 0.25) is 0 Å². The van der Waals surface area contributed by atoms with Crippen LogP contribution in [0.5, 0.6) is 5.75 Å². The largest absolute Gasteiger partial charge is 0.494 e.